The molecule has 0 radical (unpaired) electrons. The largest absolute Gasteiger partial charge is 0.386 e. The highest BCUT2D eigenvalue weighted by molar-refractivity contribution is 9.10. The van der Waals surface area contributed by atoms with Crippen LogP contribution in [0.4, 0.5) is 0 Å². The Morgan fingerprint density at radius 2 is 2.19 bits per heavy atom. The Hall–Kier alpha value is -0.580. The van der Waals surface area contributed by atoms with Crippen LogP contribution in [-0.2, 0) is 0 Å². The van der Waals surface area contributed by atoms with Gasteiger partial charge in [-0.25, -0.2) is 0 Å². The van der Waals surface area contributed by atoms with Crippen LogP contribution in [0.15, 0.2) is 22.7 Å². The van der Waals surface area contributed by atoms with Gasteiger partial charge in [-0.2, -0.15) is 0 Å². The van der Waals surface area contributed by atoms with Gasteiger partial charge >= 0.3 is 0 Å². The molecule has 0 spiro atoms. The Kier molecular flexibility index (Phi) is 2.99. The van der Waals surface area contributed by atoms with E-state index in [0.29, 0.717) is 28.1 Å². The lowest BCUT2D eigenvalue weighted by Gasteiger charge is -2.44. The summed E-state index contributed by atoms with van der Waals surface area (Å²) in [7, 11) is 0. The van der Waals surface area contributed by atoms with Gasteiger partial charge in [-0.3, -0.25) is 4.79 Å². The van der Waals surface area contributed by atoms with Crippen molar-refractivity contribution in [3.63, 3.8) is 0 Å². The van der Waals surface area contributed by atoms with Gasteiger partial charge in [0.25, 0.3) is 5.91 Å². The summed E-state index contributed by atoms with van der Waals surface area (Å²) in [5, 5.41) is 10.1. The predicted molar refractivity (Wildman–Crippen MR) is 65.7 cm³/mol. The number of benzene rings is 1. The van der Waals surface area contributed by atoms with Crippen LogP contribution in [-0.4, -0.2) is 34.6 Å². The summed E-state index contributed by atoms with van der Waals surface area (Å²) in [5.41, 5.74) is -0.219. The van der Waals surface area contributed by atoms with Crippen LogP contribution < -0.4 is 0 Å². The molecule has 2 rings (SSSR count). The Morgan fingerprint density at radius 3 is 2.75 bits per heavy atom. The van der Waals surface area contributed by atoms with Crippen molar-refractivity contribution in [2.45, 2.75) is 12.5 Å². The van der Waals surface area contributed by atoms with E-state index >= 15 is 0 Å². The average molecular weight is 305 g/mol. The fraction of sp³-hybridized carbons (Fsp3) is 0.364. The zero-order valence-electron chi connectivity index (χ0n) is 8.70. The van der Waals surface area contributed by atoms with E-state index in [4.69, 9.17) is 11.6 Å². The molecule has 1 aliphatic heterocycles. The van der Waals surface area contributed by atoms with Gasteiger partial charge in [0.2, 0.25) is 0 Å². The lowest BCUT2D eigenvalue weighted by atomic mass is 9.96. The van der Waals surface area contributed by atoms with E-state index in [1.807, 2.05) is 0 Å². The number of nitrogens with zero attached hydrogens (tertiary/aromatic N) is 1. The number of β-amino-alcohol motifs (C(OH)–C–C–N with tert-alkyl or cyclic N) is 1. The van der Waals surface area contributed by atoms with Gasteiger partial charge in [0.05, 0.1) is 24.3 Å². The first-order valence-corrected chi connectivity index (χ1v) is 6.03. The fourth-order valence-electron chi connectivity index (χ4n) is 1.75. The van der Waals surface area contributed by atoms with Crippen molar-refractivity contribution >= 4 is 33.4 Å². The number of rotatable bonds is 1. The van der Waals surface area contributed by atoms with Crippen LogP contribution >= 0.6 is 27.5 Å². The molecule has 0 unspecified atom stereocenters. The van der Waals surface area contributed by atoms with Crippen LogP contribution in [0.5, 0.6) is 0 Å². The molecule has 1 saturated heterocycles. The third kappa shape index (κ3) is 2.24. The summed E-state index contributed by atoms with van der Waals surface area (Å²) < 4.78 is 0.716. The van der Waals surface area contributed by atoms with Gasteiger partial charge in [-0.1, -0.05) is 11.6 Å². The highest BCUT2D eigenvalue weighted by atomic mass is 79.9. The van der Waals surface area contributed by atoms with Gasteiger partial charge in [0, 0.05) is 9.50 Å². The number of carbonyl (C=O) groups excluding carboxylic acids is 1. The third-order valence-corrected chi connectivity index (χ3v) is 3.44. The minimum Gasteiger partial charge on any atom is -0.386 e. The normalized spacial score (nSPS) is 18.1. The molecule has 1 aliphatic rings. The Bertz CT molecular complexity index is 440. The van der Waals surface area contributed by atoms with E-state index in [2.05, 4.69) is 15.9 Å². The van der Waals surface area contributed by atoms with Crippen molar-refractivity contribution in [2.75, 3.05) is 13.1 Å². The first-order valence-electron chi connectivity index (χ1n) is 4.86. The van der Waals surface area contributed by atoms with Crippen LogP contribution in [0.3, 0.4) is 0 Å². The Balaban J connectivity index is 2.19. The Morgan fingerprint density at radius 1 is 1.56 bits per heavy atom. The molecular weight excluding hydrogens is 293 g/mol. The molecule has 3 nitrogen and oxygen atoms in total. The smallest absolute Gasteiger partial charge is 0.255 e. The quantitative estimate of drug-likeness (QED) is 0.865. The summed E-state index contributed by atoms with van der Waals surface area (Å²) >= 11 is 9.15. The standard InChI is InChI=1S/C11H11BrClNO2/c1-11(16)5-14(6-11)10(15)8-4-7(13)2-3-9(8)12/h2-4,16H,5-6H2,1H3. The highest BCUT2D eigenvalue weighted by Crippen LogP contribution is 2.27. The highest BCUT2D eigenvalue weighted by Gasteiger charge is 2.40. The van der Waals surface area contributed by atoms with E-state index < -0.39 is 5.60 Å². The topological polar surface area (TPSA) is 40.5 Å². The second-order valence-electron chi connectivity index (χ2n) is 4.28. The zero-order chi connectivity index (χ0) is 11.9. The number of aliphatic hydroxyl groups is 1. The summed E-state index contributed by atoms with van der Waals surface area (Å²) in [6.45, 7) is 2.44. The molecule has 0 aromatic heterocycles. The fourth-order valence-corrected chi connectivity index (χ4v) is 2.34. The lowest BCUT2D eigenvalue weighted by molar-refractivity contribution is -0.0669. The first kappa shape index (κ1) is 11.9. The van der Waals surface area contributed by atoms with Crippen molar-refractivity contribution < 1.29 is 9.90 Å². The third-order valence-electron chi connectivity index (χ3n) is 2.51. The number of hydrogen-bond donors (Lipinski definition) is 1. The molecular formula is C11H11BrClNO2. The van der Waals surface area contributed by atoms with Gasteiger partial charge < -0.3 is 10.0 Å². The maximum atomic E-state index is 12.0. The monoisotopic (exact) mass is 303 g/mol. The van der Waals surface area contributed by atoms with E-state index in [-0.39, 0.29) is 5.91 Å². The first-order chi connectivity index (χ1) is 7.39. The SMILES string of the molecule is CC1(O)CN(C(=O)c2cc(Cl)ccc2Br)C1. The second kappa shape index (κ2) is 4.02. The molecule has 1 fully saturated rings. The lowest BCUT2D eigenvalue weighted by Crippen LogP contribution is -2.61. The second-order valence-corrected chi connectivity index (χ2v) is 5.57. The van der Waals surface area contributed by atoms with Crippen LogP contribution in [0.2, 0.25) is 5.02 Å². The average Bonchev–Trinajstić information content (AvgIpc) is 2.17. The Labute approximate surface area is 107 Å². The molecule has 86 valence electrons. The van der Waals surface area contributed by atoms with E-state index in [1.54, 1.807) is 30.0 Å². The minimum atomic E-state index is -0.749. The van der Waals surface area contributed by atoms with Crippen LogP contribution in [0, 0.1) is 0 Å². The predicted octanol–water partition coefficient (Wildman–Crippen LogP) is 2.31. The molecule has 0 saturated carbocycles. The minimum absolute atomic E-state index is 0.110. The number of carbonyl (C=O) groups is 1. The van der Waals surface area contributed by atoms with E-state index in [1.165, 1.54) is 0 Å². The van der Waals surface area contributed by atoms with Crippen LogP contribution in [0.1, 0.15) is 17.3 Å². The summed E-state index contributed by atoms with van der Waals surface area (Å²) in [6.07, 6.45) is 0. The maximum absolute atomic E-state index is 12.0. The molecule has 0 aliphatic carbocycles. The zero-order valence-corrected chi connectivity index (χ0v) is 11.0. The number of halogens is 2. The number of amides is 1. The molecule has 1 aromatic rings. The molecule has 5 heteroatoms. The summed E-state index contributed by atoms with van der Waals surface area (Å²) in [5.74, 6) is -0.110. The van der Waals surface area contributed by atoms with Gasteiger partial charge in [-0.15, -0.1) is 0 Å². The van der Waals surface area contributed by atoms with Crippen molar-refractivity contribution in [1.29, 1.82) is 0 Å². The van der Waals surface area contributed by atoms with E-state index in [9.17, 15) is 9.90 Å². The summed E-state index contributed by atoms with van der Waals surface area (Å²) in [4.78, 5) is 13.6. The molecule has 1 heterocycles. The van der Waals surface area contributed by atoms with Gasteiger partial charge in [0.1, 0.15) is 0 Å². The molecule has 1 N–H and O–H groups in total. The van der Waals surface area contributed by atoms with E-state index in [0.717, 1.165) is 0 Å². The number of hydrogen-bond acceptors (Lipinski definition) is 2. The van der Waals surface area contributed by atoms with Gasteiger partial charge in [-0.05, 0) is 41.1 Å². The van der Waals surface area contributed by atoms with Crippen LogP contribution in [0.25, 0.3) is 0 Å². The summed E-state index contributed by atoms with van der Waals surface area (Å²) in [6, 6.07) is 5.09. The van der Waals surface area contributed by atoms with Gasteiger partial charge in [0.15, 0.2) is 0 Å². The molecule has 16 heavy (non-hydrogen) atoms. The molecule has 0 bridgehead atoms. The van der Waals surface area contributed by atoms with Crippen molar-refractivity contribution in [1.82, 2.24) is 4.90 Å². The van der Waals surface area contributed by atoms with Crippen molar-refractivity contribution in [3.05, 3.63) is 33.3 Å². The molecule has 0 atom stereocenters. The van der Waals surface area contributed by atoms with Crippen molar-refractivity contribution in [2.24, 2.45) is 0 Å². The molecule has 1 aromatic carbocycles. The number of likely N-dealkylation sites (tertiary alicyclic amines) is 1. The maximum Gasteiger partial charge on any atom is 0.255 e. The van der Waals surface area contributed by atoms with Crippen molar-refractivity contribution in [3.8, 4) is 0 Å². The molecule has 1 amide bonds.